The molecule has 2 N–H and O–H groups in total. The fraction of sp³-hybridized carbons (Fsp3) is 0.533. The van der Waals surface area contributed by atoms with Crippen molar-refractivity contribution in [3.05, 3.63) is 35.4 Å². The van der Waals surface area contributed by atoms with Crippen LogP contribution in [0.15, 0.2) is 24.3 Å². The summed E-state index contributed by atoms with van der Waals surface area (Å²) in [6.45, 7) is 5.23. The second-order valence-electron chi connectivity index (χ2n) is 5.49. The molecule has 1 spiro atoms. The summed E-state index contributed by atoms with van der Waals surface area (Å²) in [4.78, 5) is 15.0. The summed E-state index contributed by atoms with van der Waals surface area (Å²) >= 11 is 1.99. The van der Waals surface area contributed by atoms with Crippen LogP contribution in [0.2, 0.25) is 0 Å². The van der Waals surface area contributed by atoms with Crippen molar-refractivity contribution in [1.29, 1.82) is 0 Å². The number of nitrogens with two attached hydrogens (primary N) is 1. The first-order chi connectivity index (χ1) is 9.21. The predicted molar refractivity (Wildman–Crippen MR) is 78.3 cm³/mol. The van der Waals surface area contributed by atoms with E-state index in [0.717, 1.165) is 49.4 Å². The van der Waals surface area contributed by atoms with Gasteiger partial charge in [-0.15, -0.1) is 11.8 Å². The SMILES string of the molecule is Cc1cccc(C(=O)N2CCSC23CC[NH2+]CC3)c1. The zero-order valence-corrected chi connectivity index (χ0v) is 12.2. The summed E-state index contributed by atoms with van der Waals surface area (Å²) in [5.74, 6) is 1.30. The Bertz CT molecular complexity index is 483. The number of amides is 1. The van der Waals surface area contributed by atoms with E-state index in [2.05, 4.69) is 10.2 Å². The molecule has 2 saturated heterocycles. The Hall–Kier alpha value is -1.00. The van der Waals surface area contributed by atoms with Gasteiger partial charge in [-0.05, 0) is 19.1 Å². The Morgan fingerprint density at radius 2 is 2.16 bits per heavy atom. The molecule has 0 atom stereocenters. The van der Waals surface area contributed by atoms with Gasteiger partial charge in [0.2, 0.25) is 0 Å². The Labute approximate surface area is 118 Å². The van der Waals surface area contributed by atoms with Crippen LogP contribution in [0, 0.1) is 6.92 Å². The molecule has 0 aromatic heterocycles. The smallest absolute Gasteiger partial charge is 0.255 e. The molecule has 2 fully saturated rings. The molecule has 1 aromatic rings. The van der Waals surface area contributed by atoms with Gasteiger partial charge in [0.1, 0.15) is 0 Å². The minimum absolute atomic E-state index is 0.0789. The minimum atomic E-state index is 0.0789. The Morgan fingerprint density at radius 1 is 1.37 bits per heavy atom. The molecule has 2 aliphatic rings. The van der Waals surface area contributed by atoms with Crippen molar-refractivity contribution in [2.45, 2.75) is 24.6 Å². The van der Waals surface area contributed by atoms with Crippen molar-refractivity contribution >= 4 is 17.7 Å². The van der Waals surface area contributed by atoms with E-state index in [4.69, 9.17) is 0 Å². The molecule has 4 heteroatoms. The third-order valence-electron chi connectivity index (χ3n) is 4.17. The standard InChI is InChI=1S/C15H20N2OS/c1-12-3-2-4-13(11-12)14(18)17-9-10-19-15(17)5-7-16-8-6-15/h2-4,11,16H,5-10H2,1H3/p+1. The van der Waals surface area contributed by atoms with Crippen LogP contribution in [-0.2, 0) is 0 Å². The summed E-state index contributed by atoms with van der Waals surface area (Å²) in [6, 6.07) is 7.98. The van der Waals surface area contributed by atoms with Crippen LogP contribution in [0.25, 0.3) is 0 Å². The monoisotopic (exact) mass is 277 g/mol. The fourth-order valence-corrected chi connectivity index (χ4v) is 4.68. The molecule has 1 amide bonds. The van der Waals surface area contributed by atoms with Gasteiger partial charge in [0.25, 0.3) is 5.91 Å². The molecule has 3 rings (SSSR count). The molecule has 0 unspecified atom stereocenters. The lowest BCUT2D eigenvalue weighted by Crippen LogP contribution is -2.88. The molecule has 3 nitrogen and oxygen atoms in total. The first-order valence-corrected chi connectivity index (χ1v) is 8.04. The second kappa shape index (κ2) is 5.17. The third kappa shape index (κ3) is 2.39. The van der Waals surface area contributed by atoms with Crippen LogP contribution in [0.1, 0.15) is 28.8 Å². The highest BCUT2D eigenvalue weighted by Gasteiger charge is 2.46. The van der Waals surface area contributed by atoms with Crippen molar-refractivity contribution in [3.8, 4) is 0 Å². The quantitative estimate of drug-likeness (QED) is 0.838. The minimum Gasteiger partial charge on any atom is -0.346 e. The van der Waals surface area contributed by atoms with Gasteiger partial charge < -0.3 is 10.2 Å². The number of aryl methyl sites for hydroxylation is 1. The zero-order chi connectivity index (χ0) is 13.3. The van der Waals surface area contributed by atoms with Crippen molar-refractivity contribution in [3.63, 3.8) is 0 Å². The number of hydrogen-bond donors (Lipinski definition) is 1. The molecular weight excluding hydrogens is 256 g/mol. The van der Waals surface area contributed by atoms with Gasteiger partial charge in [-0.2, -0.15) is 0 Å². The number of hydrogen-bond acceptors (Lipinski definition) is 2. The lowest BCUT2D eigenvalue weighted by atomic mass is 10.0. The number of thioether (sulfide) groups is 1. The zero-order valence-electron chi connectivity index (χ0n) is 11.4. The third-order valence-corrected chi connectivity index (χ3v) is 5.72. The maximum atomic E-state index is 12.8. The number of piperidine rings is 1. The van der Waals surface area contributed by atoms with Gasteiger partial charge in [0, 0.05) is 30.7 Å². The molecule has 102 valence electrons. The summed E-state index contributed by atoms with van der Waals surface area (Å²) < 4.78 is 0. The van der Waals surface area contributed by atoms with E-state index < -0.39 is 0 Å². The number of nitrogens with zero attached hydrogens (tertiary/aromatic N) is 1. The fourth-order valence-electron chi connectivity index (χ4n) is 3.17. The molecule has 0 saturated carbocycles. The van der Waals surface area contributed by atoms with Crippen molar-refractivity contribution in [2.24, 2.45) is 0 Å². The topological polar surface area (TPSA) is 36.9 Å². The van der Waals surface area contributed by atoms with E-state index in [1.807, 2.05) is 43.0 Å². The summed E-state index contributed by atoms with van der Waals surface area (Å²) in [5.41, 5.74) is 2.00. The maximum Gasteiger partial charge on any atom is 0.255 e. The number of quaternary nitrogens is 1. The maximum absolute atomic E-state index is 12.8. The molecule has 0 bridgehead atoms. The lowest BCUT2D eigenvalue weighted by Gasteiger charge is -2.39. The van der Waals surface area contributed by atoms with Crippen LogP contribution in [0.5, 0.6) is 0 Å². The van der Waals surface area contributed by atoms with Gasteiger partial charge in [-0.1, -0.05) is 17.7 Å². The number of benzene rings is 1. The van der Waals surface area contributed by atoms with E-state index in [9.17, 15) is 4.79 Å². The highest BCUT2D eigenvalue weighted by molar-refractivity contribution is 8.00. The van der Waals surface area contributed by atoms with Crippen LogP contribution in [0.3, 0.4) is 0 Å². The van der Waals surface area contributed by atoms with Crippen LogP contribution in [-0.4, -0.2) is 41.1 Å². The first-order valence-electron chi connectivity index (χ1n) is 7.06. The lowest BCUT2D eigenvalue weighted by molar-refractivity contribution is -0.664. The highest BCUT2D eigenvalue weighted by atomic mass is 32.2. The van der Waals surface area contributed by atoms with Crippen LogP contribution >= 0.6 is 11.8 Å². The number of rotatable bonds is 1. The van der Waals surface area contributed by atoms with Crippen molar-refractivity contribution in [1.82, 2.24) is 4.90 Å². The van der Waals surface area contributed by atoms with E-state index >= 15 is 0 Å². The van der Waals surface area contributed by atoms with Crippen LogP contribution < -0.4 is 5.32 Å². The Kier molecular flexibility index (Phi) is 3.54. The van der Waals surface area contributed by atoms with Crippen molar-refractivity contribution in [2.75, 3.05) is 25.4 Å². The largest absolute Gasteiger partial charge is 0.346 e. The molecule has 0 radical (unpaired) electrons. The van der Waals surface area contributed by atoms with E-state index in [-0.39, 0.29) is 10.8 Å². The molecule has 2 heterocycles. The van der Waals surface area contributed by atoms with Crippen LogP contribution in [0.4, 0.5) is 0 Å². The first kappa shape index (κ1) is 13.0. The summed E-state index contributed by atoms with van der Waals surface area (Å²) in [5, 5.41) is 2.36. The number of carbonyl (C=O) groups excluding carboxylic acids is 1. The highest BCUT2D eigenvalue weighted by Crippen LogP contribution is 2.42. The average Bonchev–Trinajstić information content (AvgIpc) is 2.82. The molecule has 2 aliphatic heterocycles. The summed E-state index contributed by atoms with van der Waals surface area (Å²) in [6.07, 6.45) is 2.24. The Morgan fingerprint density at radius 3 is 2.89 bits per heavy atom. The van der Waals surface area contributed by atoms with Gasteiger partial charge in [0.05, 0.1) is 18.0 Å². The molecular formula is C15H21N2OS+. The second-order valence-corrected chi connectivity index (χ2v) is 6.94. The molecule has 0 aliphatic carbocycles. The van der Waals surface area contributed by atoms with Crippen molar-refractivity contribution < 1.29 is 10.1 Å². The van der Waals surface area contributed by atoms with Gasteiger partial charge in [-0.25, -0.2) is 0 Å². The normalized spacial score (nSPS) is 21.8. The van der Waals surface area contributed by atoms with Gasteiger partial charge in [-0.3, -0.25) is 4.79 Å². The molecule has 19 heavy (non-hydrogen) atoms. The van der Waals surface area contributed by atoms with Gasteiger partial charge in [0.15, 0.2) is 0 Å². The molecule has 1 aromatic carbocycles. The van der Waals surface area contributed by atoms with E-state index in [0.29, 0.717) is 0 Å². The predicted octanol–water partition coefficient (Wildman–Crippen LogP) is 1.24. The van der Waals surface area contributed by atoms with E-state index in [1.165, 1.54) is 0 Å². The number of carbonyl (C=O) groups is 1. The summed E-state index contributed by atoms with van der Waals surface area (Å²) in [7, 11) is 0. The van der Waals surface area contributed by atoms with Gasteiger partial charge >= 0.3 is 0 Å². The average molecular weight is 277 g/mol. The Balaban J connectivity index is 1.86. The van der Waals surface area contributed by atoms with E-state index in [1.54, 1.807) is 0 Å².